The Kier molecular flexibility index (Phi) is 5.08. The van der Waals surface area contributed by atoms with E-state index >= 15 is 0 Å². The number of likely N-dealkylation sites (tertiary alicyclic amines) is 1. The van der Waals surface area contributed by atoms with Crippen molar-refractivity contribution in [2.24, 2.45) is 5.92 Å². The van der Waals surface area contributed by atoms with E-state index in [0.717, 1.165) is 37.1 Å². The fraction of sp³-hybridized carbons (Fsp3) is 0.647. The lowest BCUT2D eigenvalue weighted by Gasteiger charge is -2.31. The Balaban J connectivity index is 1.54. The first-order chi connectivity index (χ1) is 11.4. The molecule has 1 aromatic rings. The molecular formula is C17H25N3O3S. The second-order valence-corrected chi connectivity index (χ2v) is 9.17. The van der Waals surface area contributed by atoms with Crippen LogP contribution in [0.1, 0.15) is 36.9 Å². The van der Waals surface area contributed by atoms with Crippen LogP contribution in [0, 0.1) is 5.92 Å². The number of sulfone groups is 1. The van der Waals surface area contributed by atoms with E-state index in [-0.39, 0.29) is 17.7 Å². The standard InChI is InChI=1S/C17H25N3O3S/c1-24(22,23)12-13-6-8-20(9-7-13)17(21)19-15-10-14-4-2-3-5-16(14)18-11-15/h10-11,13H,2-9,12H2,1H3,(H,19,21). The summed E-state index contributed by atoms with van der Waals surface area (Å²) in [7, 11) is -2.95. The van der Waals surface area contributed by atoms with Crippen LogP contribution in [0.5, 0.6) is 0 Å². The molecule has 0 aromatic carbocycles. The molecule has 0 unspecified atom stereocenters. The van der Waals surface area contributed by atoms with Crippen molar-refractivity contribution in [1.82, 2.24) is 9.88 Å². The first-order valence-electron chi connectivity index (χ1n) is 8.62. The molecule has 2 amide bonds. The first-order valence-corrected chi connectivity index (χ1v) is 10.7. The van der Waals surface area contributed by atoms with Gasteiger partial charge in [0.15, 0.2) is 0 Å². The van der Waals surface area contributed by atoms with E-state index in [1.807, 2.05) is 6.07 Å². The quantitative estimate of drug-likeness (QED) is 0.906. The topological polar surface area (TPSA) is 79.4 Å². The third kappa shape index (κ3) is 4.47. The molecule has 1 aliphatic heterocycles. The lowest BCUT2D eigenvalue weighted by atomic mass is 9.96. The maximum absolute atomic E-state index is 12.4. The molecule has 0 atom stereocenters. The fourth-order valence-corrected chi connectivity index (χ4v) is 4.78. The predicted molar refractivity (Wildman–Crippen MR) is 93.9 cm³/mol. The average molecular weight is 351 g/mol. The highest BCUT2D eigenvalue weighted by atomic mass is 32.2. The van der Waals surface area contributed by atoms with E-state index in [1.165, 1.54) is 24.7 Å². The van der Waals surface area contributed by atoms with Crippen LogP contribution in [0.4, 0.5) is 10.5 Å². The number of aromatic nitrogens is 1. The number of urea groups is 1. The van der Waals surface area contributed by atoms with Crippen LogP contribution in [-0.4, -0.2) is 49.4 Å². The second-order valence-electron chi connectivity index (χ2n) is 6.99. The van der Waals surface area contributed by atoms with Crippen LogP contribution in [0.15, 0.2) is 12.3 Å². The number of pyridine rings is 1. The highest BCUT2D eigenvalue weighted by molar-refractivity contribution is 7.90. The molecule has 1 N–H and O–H groups in total. The van der Waals surface area contributed by atoms with E-state index in [2.05, 4.69) is 10.3 Å². The van der Waals surface area contributed by atoms with E-state index in [1.54, 1.807) is 11.1 Å². The van der Waals surface area contributed by atoms with Gasteiger partial charge in [-0.15, -0.1) is 0 Å². The minimum Gasteiger partial charge on any atom is -0.325 e. The Hall–Kier alpha value is -1.63. The van der Waals surface area contributed by atoms with Crippen molar-refractivity contribution >= 4 is 21.6 Å². The lowest BCUT2D eigenvalue weighted by Crippen LogP contribution is -2.42. The molecule has 2 heterocycles. The van der Waals surface area contributed by atoms with Gasteiger partial charge in [-0.2, -0.15) is 0 Å². The van der Waals surface area contributed by atoms with Crippen LogP contribution in [-0.2, 0) is 22.7 Å². The largest absolute Gasteiger partial charge is 0.325 e. The van der Waals surface area contributed by atoms with Gasteiger partial charge in [0.1, 0.15) is 9.84 Å². The molecule has 132 valence electrons. The molecule has 24 heavy (non-hydrogen) atoms. The third-order valence-corrected chi connectivity index (χ3v) is 5.94. The smallest absolute Gasteiger partial charge is 0.321 e. The van der Waals surface area contributed by atoms with Gasteiger partial charge >= 0.3 is 6.03 Å². The molecule has 3 rings (SSSR count). The van der Waals surface area contributed by atoms with E-state index in [0.29, 0.717) is 13.1 Å². The molecule has 1 saturated heterocycles. The fourth-order valence-electron chi connectivity index (χ4n) is 3.59. The van der Waals surface area contributed by atoms with Crippen molar-refractivity contribution in [3.63, 3.8) is 0 Å². The predicted octanol–water partition coefficient (Wildman–Crippen LogP) is 2.25. The van der Waals surface area contributed by atoms with Gasteiger partial charge in [0.2, 0.25) is 0 Å². The molecule has 1 aromatic heterocycles. The number of piperidine rings is 1. The summed E-state index contributed by atoms with van der Waals surface area (Å²) in [5, 5.41) is 2.93. The number of carbonyl (C=O) groups is 1. The molecule has 0 spiro atoms. The number of nitrogens with zero attached hydrogens (tertiary/aromatic N) is 2. The molecule has 1 aliphatic carbocycles. The summed E-state index contributed by atoms with van der Waals surface area (Å²) in [6.45, 7) is 1.20. The number of fused-ring (bicyclic) bond motifs is 1. The monoisotopic (exact) mass is 351 g/mol. The van der Waals surface area contributed by atoms with Crippen molar-refractivity contribution in [1.29, 1.82) is 0 Å². The van der Waals surface area contributed by atoms with Gasteiger partial charge in [-0.1, -0.05) is 0 Å². The highest BCUT2D eigenvalue weighted by Gasteiger charge is 2.25. The van der Waals surface area contributed by atoms with Gasteiger partial charge in [0.05, 0.1) is 17.6 Å². The third-order valence-electron chi connectivity index (χ3n) is 4.86. The number of amides is 2. The van der Waals surface area contributed by atoms with Crippen LogP contribution in [0.25, 0.3) is 0 Å². The van der Waals surface area contributed by atoms with Crippen LogP contribution in [0.3, 0.4) is 0 Å². The minimum absolute atomic E-state index is 0.120. The summed E-state index contributed by atoms with van der Waals surface area (Å²) in [6, 6.07) is 1.92. The first kappa shape index (κ1) is 17.2. The Morgan fingerprint density at radius 1 is 1.29 bits per heavy atom. The molecule has 1 fully saturated rings. The van der Waals surface area contributed by atoms with E-state index in [9.17, 15) is 13.2 Å². The van der Waals surface area contributed by atoms with E-state index in [4.69, 9.17) is 0 Å². The molecule has 0 radical (unpaired) electrons. The van der Waals surface area contributed by atoms with Gasteiger partial charge < -0.3 is 10.2 Å². The van der Waals surface area contributed by atoms with E-state index < -0.39 is 9.84 Å². The Labute approximate surface area is 143 Å². The normalized spacial score (nSPS) is 19.0. The summed E-state index contributed by atoms with van der Waals surface area (Å²) in [4.78, 5) is 18.6. The van der Waals surface area contributed by atoms with Crippen LogP contribution >= 0.6 is 0 Å². The summed E-state index contributed by atoms with van der Waals surface area (Å²) in [5.74, 6) is 0.381. The van der Waals surface area contributed by atoms with Crippen LogP contribution < -0.4 is 5.32 Å². The van der Waals surface area contributed by atoms with Gasteiger partial charge in [0, 0.05) is 25.0 Å². The summed E-state index contributed by atoms with van der Waals surface area (Å²) in [5.41, 5.74) is 3.14. The number of nitrogens with one attached hydrogen (secondary N) is 1. The highest BCUT2D eigenvalue weighted by Crippen LogP contribution is 2.23. The Morgan fingerprint density at radius 3 is 2.71 bits per heavy atom. The molecule has 7 heteroatoms. The van der Waals surface area contributed by atoms with Crippen LogP contribution in [0.2, 0.25) is 0 Å². The maximum Gasteiger partial charge on any atom is 0.321 e. The van der Waals surface area contributed by atoms with Gasteiger partial charge in [0.25, 0.3) is 0 Å². The molecule has 0 bridgehead atoms. The average Bonchev–Trinajstić information content (AvgIpc) is 2.54. The van der Waals surface area contributed by atoms with Crippen molar-refractivity contribution in [3.05, 3.63) is 23.5 Å². The zero-order valence-electron chi connectivity index (χ0n) is 14.1. The number of carbonyl (C=O) groups excluding carboxylic acids is 1. The Morgan fingerprint density at radius 2 is 2.00 bits per heavy atom. The number of anilines is 1. The summed E-state index contributed by atoms with van der Waals surface area (Å²) in [6.07, 6.45) is 8.91. The number of aryl methyl sites for hydroxylation is 2. The van der Waals surface area contributed by atoms with Crippen molar-refractivity contribution < 1.29 is 13.2 Å². The number of hydrogen-bond acceptors (Lipinski definition) is 4. The van der Waals surface area contributed by atoms with Crippen molar-refractivity contribution in [2.45, 2.75) is 38.5 Å². The van der Waals surface area contributed by atoms with Gasteiger partial charge in [-0.25, -0.2) is 13.2 Å². The zero-order chi connectivity index (χ0) is 17.2. The molecular weight excluding hydrogens is 326 g/mol. The summed E-state index contributed by atoms with van der Waals surface area (Å²) >= 11 is 0. The molecule has 0 saturated carbocycles. The molecule has 6 nitrogen and oxygen atoms in total. The van der Waals surface area contributed by atoms with Crippen molar-refractivity contribution in [2.75, 3.05) is 30.4 Å². The minimum atomic E-state index is -2.95. The number of rotatable bonds is 3. The zero-order valence-corrected chi connectivity index (χ0v) is 14.9. The number of hydrogen-bond donors (Lipinski definition) is 1. The SMILES string of the molecule is CS(=O)(=O)CC1CCN(C(=O)Nc2cnc3c(c2)CCCC3)CC1. The second kappa shape index (κ2) is 7.09. The summed E-state index contributed by atoms with van der Waals surface area (Å²) < 4.78 is 22.7. The maximum atomic E-state index is 12.4. The molecule has 2 aliphatic rings. The Bertz CT molecular complexity index is 710. The van der Waals surface area contributed by atoms with Gasteiger partial charge in [-0.3, -0.25) is 4.98 Å². The van der Waals surface area contributed by atoms with Gasteiger partial charge in [-0.05, 0) is 56.1 Å². The lowest BCUT2D eigenvalue weighted by molar-refractivity contribution is 0.187. The van der Waals surface area contributed by atoms with Crippen molar-refractivity contribution in [3.8, 4) is 0 Å².